The van der Waals surface area contributed by atoms with Crippen molar-refractivity contribution >= 4 is 29.2 Å². The molecule has 0 saturated heterocycles. The molecular formula is C20H16ClN3O3. The van der Waals surface area contributed by atoms with E-state index in [4.69, 9.17) is 11.6 Å². The first-order valence-electron chi connectivity index (χ1n) is 8.07. The number of aromatic hydroxyl groups is 1. The van der Waals surface area contributed by atoms with Gasteiger partial charge in [-0.25, -0.2) is 4.79 Å². The van der Waals surface area contributed by atoms with E-state index in [2.05, 4.69) is 15.6 Å². The molecule has 0 fully saturated rings. The maximum Gasteiger partial charge on any atom is 0.326 e. The minimum atomic E-state index is -0.740. The van der Waals surface area contributed by atoms with Gasteiger partial charge in [0.15, 0.2) is 0 Å². The highest BCUT2D eigenvalue weighted by molar-refractivity contribution is 6.30. The Hall–Kier alpha value is -3.38. The number of hydrogen-bond donors (Lipinski definition) is 3. The Morgan fingerprint density at radius 2 is 1.85 bits per heavy atom. The molecule has 0 bridgehead atoms. The topological polar surface area (TPSA) is 91.3 Å². The number of amides is 3. The Kier molecular flexibility index (Phi) is 5.38. The largest absolute Gasteiger partial charge is 0.506 e. The molecule has 0 aliphatic rings. The van der Waals surface area contributed by atoms with Crippen LogP contribution in [0.2, 0.25) is 5.02 Å². The van der Waals surface area contributed by atoms with Crippen LogP contribution in [0.3, 0.4) is 0 Å². The average molecular weight is 382 g/mol. The van der Waals surface area contributed by atoms with Crippen molar-refractivity contribution in [2.24, 2.45) is 0 Å². The summed E-state index contributed by atoms with van der Waals surface area (Å²) in [6.07, 6.45) is 1.50. The predicted molar refractivity (Wildman–Crippen MR) is 104 cm³/mol. The fourth-order valence-electron chi connectivity index (χ4n) is 2.49. The highest BCUT2D eigenvalue weighted by Crippen LogP contribution is 2.29. The van der Waals surface area contributed by atoms with E-state index in [-0.39, 0.29) is 11.4 Å². The normalized spacial score (nSPS) is 10.3. The molecule has 1 aromatic heterocycles. The number of aromatic nitrogens is 1. The van der Waals surface area contributed by atoms with Gasteiger partial charge >= 0.3 is 6.03 Å². The Morgan fingerprint density at radius 1 is 1.07 bits per heavy atom. The molecule has 3 rings (SSSR count). The van der Waals surface area contributed by atoms with Gasteiger partial charge in [-0.15, -0.1) is 0 Å². The number of benzene rings is 2. The summed E-state index contributed by atoms with van der Waals surface area (Å²) in [6.45, 7) is 1.78. The molecule has 27 heavy (non-hydrogen) atoms. The number of nitrogens with one attached hydrogen (secondary N) is 2. The fraction of sp³-hybridized carbons (Fsp3) is 0.0500. The van der Waals surface area contributed by atoms with Gasteiger partial charge in [-0.1, -0.05) is 35.9 Å². The molecule has 0 atom stereocenters. The number of halogens is 1. The van der Waals surface area contributed by atoms with Crippen LogP contribution in [0.5, 0.6) is 5.75 Å². The number of phenols is 1. The smallest absolute Gasteiger partial charge is 0.326 e. The number of imide groups is 1. The monoisotopic (exact) mass is 381 g/mol. The Morgan fingerprint density at radius 3 is 2.52 bits per heavy atom. The van der Waals surface area contributed by atoms with Gasteiger partial charge in [-0.05, 0) is 42.8 Å². The van der Waals surface area contributed by atoms with Gasteiger partial charge in [0, 0.05) is 17.3 Å². The van der Waals surface area contributed by atoms with E-state index in [1.807, 2.05) is 0 Å². The zero-order chi connectivity index (χ0) is 19.4. The molecule has 0 saturated carbocycles. The standard InChI is InChI=1S/C20H16ClN3O3/c1-12-4-2-3-5-15(12)19(26)24-20(27)23-17-8-6-13(10-18(17)25)16-9-7-14(21)11-22-16/h2-11,25H,1H3,(H2,23,24,26,27). The van der Waals surface area contributed by atoms with Crippen LogP contribution in [0.1, 0.15) is 15.9 Å². The highest BCUT2D eigenvalue weighted by Gasteiger charge is 2.14. The number of aryl methyl sites for hydroxylation is 1. The average Bonchev–Trinajstić information content (AvgIpc) is 2.64. The summed E-state index contributed by atoms with van der Waals surface area (Å²) in [4.78, 5) is 28.4. The van der Waals surface area contributed by atoms with Crippen LogP contribution in [0, 0.1) is 6.92 Å². The third-order valence-electron chi connectivity index (χ3n) is 3.89. The van der Waals surface area contributed by atoms with E-state index in [1.165, 1.54) is 18.3 Å². The van der Waals surface area contributed by atoms with Crippen LogP contribution >= 0.6 is 11.6 Å². The maximum atomic E-state index is 12.2. The van der Waals surface area contributed by atoms with Gasteiger partial charge in [0.1, 0.15) is 5.75 Å². The van der Waals surface area contributed by atoms with Gasteiger partial charge in [-0.2, -0.15) is 0 Å². The van der Waals surface area contributed by atoms with Crippen molar-refractivity contribution in [3.05, 3.63) is 76.9 Å². The van der Waals surface area contributed by atoms with E-state index in [0.29, 0.717) is 21.8 Å². The first kappa shape index (κ1) is 18.4. The molecule has 0 radical (unpaired) electrons. The third kappa shape index (κ3) is 4.43. The zero-order valence-corrected chi connectivity index (χ0v) is 15.1. The molecule has 6 nitrogen and oxygen atoms in total. The fourth-order valence-corrected chi connectivity index (χ4v) is 2.61. The SMILES string of the molecule is Cc1ccccc1C(=O)NC(=O)Nc1ccc(-c2ccc(Cl)cn2)cc1O. The first-order valence-corrected chi connectivity index (χ1v) is 8.45. The first-order chi connectivity index (χ1) is 12.9. The quantitative estimate of drug-likeness (QED) is 0.587. The third-order valence-corrected chi connectivity index (χ3v) is 4.11. The Balaban J connectivity index is 1.70. The van der Waals surface area contributed by atoms with Crippen LogP contribution in [0.15, 0.2) is 60.8 Å². The second kappa shape index (κ2) is 7.88. The van der Waals surface area contributed by atoms with E-state index in [0.717, 1.165) is 5.56 Å². The van der Waals surface area contributed by atoms with Crippen molar-refractivity contribution in [2.75, 3.05) is 5.32 Å². The maximum absolute atomic E-state index is 12.2. The van der Waals surface area contributed by atoms with Crippen molar-refractivity contribution in [1.82, 2.24) is 10.3 Å². The van der Waals surface area contributed by atoms with Crippen LogP contribution in [0.25, 0.3) is 11.3 Å². The van der Waals surface area contributed by atoms with Gasteiger partial charge in [-0.3, -0.25) is 15.1 Å². The molecular weight excluding hydrogens is 366 g/mol. The Labute approximate surface area is 160 Å². The van der Waals surface area contributed by atoms with Crippen molar-refractivity contribution < 1.29 is 14.7 Å². The number of carbonyl (C=O) groups excluding carboxylic acids is 2. The summed E-state index contributed by atoms with van der Waals surface area (Å²) in [6, 6.07) is 14.3. The molecule has 3 aromatic rings. The van der Waals surface area contributed by atoms with E-state index in [9.17, 15) is 14.7 Å². The second-order valence-electron chi connectivity index (χ2n) is 5.82. The minimum Gasteiger partial charge on any atom is -0.506 e. The lowest BCUT2D eigenvalue weighted by Gasteiger charge is -2.10. The molecule has 136 valence electrons. The molecule has 2 aromatic carbocycles. The van der Waals surface area contributed by atoms with Crippen molar-refractivity contribution in [3.63, 3.8) is 0 Å². The van der Waals surface area contributed by atoms with Gasteiger partial charge < -0.3 is 10.4 Å². The van der Waals surface area contributed by atoms with Crippen molar-refractivity contribution in [1.29, 1.82) is 0 Å². The molecule has 3 N–H and O–H groups in total. The Bertz CT molecular complexity index is 1000. The molecule has 0 unspecified atom stereocenters. The summed E-state index contributed by atoms with van der Waals surface area (Å²) in [7, 11) is 0. The van der Waals surface area contributed by atoms with E-state index < -0.39 is 11.9 Å². The number of pyridine rings is 1. The van der Waals surface area contributed by atoms with Gasteiger partial charge in [0.25, 0.3) is 5.91 Å². The van der Waals surface area contributed by atoms with Gasteiger partial charge in [0.05, 0.1) is 16.4 Å². The van der Waals surface area contributed by atoms with Crippen molar-refractivity contribution in [2.45, 2.75) is 6.92 Å². The molecule has 7 heteroatoms. The second-order valence-corrected chi connectivity index (χ2v) is 6.25. The predicted octanol–water partition coefficient (Wildman–Crippen LogP) is 4.38. The number of rotatable bonds is 3. The lowest BCUT2D eigenvalue weighted by Crippen LogP contribution is -2.34. The summed E-state index contributed by atoms with van der Waals surface area (Å²) in [5, 5.41) is 15.4. The summed E-state index contributed by atoms with van der Waals surface area (Å²) in [5.41, 5.74) is 2.61. The minimum absolute atomic E-state index is 0.150. The van der Waals surface area contributed by atoms with E-state index >= 15 is 0 Å². The summed E-state index contributed by atoms with van der Waals surface area (Å²) >= 11 is 5.81. The number of phenolic OH excluding ortho intramolecular Hbond substituents is 1. The summed E-state index contributed by atoms with van der Waals surface area (Å²) < 4.78 is 0. The molecule has 0 spiro atoms. The van der Waals surface area contributed by atoms with Crippen molar-refractivity contribution in [3.8, 4) is 17.0 Å². The molecule has 3 amide bonds. The molecule has 0 aliphatic carbocycles. The van der Waals surface area contributed by atoms with Crippen LogP contribution in [0.4, 0.5) is 10.5 Å². The van der Waals surface area contributed by atoms with Crippen LogP contribution in [-0.2, 0) is 0 Å². The van der Waals surface area contributed by atoms with Crippen LogP contribution < -0.4 is 10.6 Å². The van der Waals surface area contributed by atoms with Gasteiger partial charge in [0.2, 0.25) is 0 Å². The highest BCUT2D eigenvalue weighted by atomic mass is 35.5. The summed E-state index contributed by atoms with van der Waals surface area (Å²) in [5.74, 6) is -0.671. The lowest BCUT2D eigenvalue weighted by atomic mass is 10.1. The lowest BCUT2D eigenvalue weighted by molar-refractivity contribution is 0.0966. The van der Waals surface area contributed by atoms with Crippen LogP contribution in [-0.4, -0.2) is 22.0 Å². The number of nitrogens with zero attached hydrogens (tertiary/aromatic N) is 1. The van der Waals surface area contributed by atoms with E-state index in [1.54, 1.807) is 49.4 Å². The number of urea groups is 1. The molecule has 1 heterocycles. The number of carbonyl (C=O) groups is 2. The number of hydrogen-bond acceptors (Lipinski definition) is 4. The molecule has 0 aliphatic heterocycles. The number of anilines is 1. The zero-order valence-electron chi connectivity index (χ0n) is 14.4.